The molecular formula is C16H17N5O. The van der Waals surface area contributed by atoms with Gasteiger partial charge >= 0.3 is 0 Å². The van der Waals surface area contributed by atoms with E-state index in [-0.39, 0.29) is 5.56 Å². The standard InChI is InChI=1S/C16H17N5O/c1-9(2)10-4-5-12-11(6-10)16(22)21-15(20-12)13-7-14(17-3)19-8-18-13/h4-9H,1-3H3,(H,17,18,19)(H,20,21,22). The number of aromatic nitrogens is 4. The van der Waals surface area contributed by atoms with E-state index in [1.54, 1.807) is 13.1 Å². The van der Waals surface area contributed by atoms with Gasteiger partial charge in [-0.2, -0.15) is 0 Å². The van der Waals surface area contributed by atoms with Gasteiger partial charge in [-0.1, -0.05) is 19.9 Å². The molecule has 0 aliphatic heterocycles. The molecule has 0 radical (unpaired) electrons. The molecule has 0 bridgehead atoms. The maximum absolute atomic E-state index is 12.3. The Morgan fingerprint density at radius 1 is 1.18 bits per heavy atom. The van der Waals surface area contributed by atoms with E-state index < -0.39 is 0 Å². The van der Waals surface area contributed by atoms with Gasteiger partial charge in [0, 0.05) is 13.1 Å². The molecule has 6 nitrogen and oxygen atoms in total. The van der Waals surface area contributed by atoms with Crippen LogP contribution >= 0.6 is 0 Å². The second kappa shape index (κ2) is 5.55. The number of rotatable bonds is 3. The average molecular weight is 295 g/mol. The Labute approximate surface area is 127 Å². The molecule has 0 saturated carbocycles. The van der Waals surface area contributed by atoms with Crippen LogP contribution in [0.4, 0.5) is 5.82 Å². The van der Waals surface area contributed by atoms with Crippen molar-refractivity contribution in [3.05, 3.63) is 46.5 Å². The highest BCUT2D eigenvalue weighted by molar-refractivity contribution is 5.80. The highest BCUT2D eigenvalue weighted by Crippen LogP contribution is 2.20. The van der Waals surface area contributed by atoms with E-state index in [1.165, 1.54) is 6.33 Å². The van der Waals surface area contributed by atoms with Gasteiger partial charge in [-0.05, 0) is 23.6 Å². The van der Waals surface area contributed by atoms with E-state index >= 15 is 0 Å². The third-order valence-electron chi connectivity index (χ3n) is 3.56. The zero-order valence-electron chi connectivity index (χ0n) is 12.7. The van der Waals surface area contributed by atoms with Crippen LogP contribution in [0.15, 0.2) is 35.4 Å². The molecule has 0 spiro atoms. The molecule has 2 aromatic heterocycles. The van der Waals surface area contributed by atoms with E-state index in [4.69, 9.17) is 0 Å². The summed E-state index contributed by atoms with van der Waals surface area (Å²) in [5.74, 6) is 1.47. The van der Waals surface area contributed by atoms with Crippen LogP contribution in [0.25, 0.3) is 22.4 Å². The molecule has 3 aromatic rings. The maximum Gasteiger partial charge on any atom is 0.259 e. The molecule has 0 saturated heterocycles. The molecular weight excluding hydrogens is 278 g/mol. The van der Waals surface area contributed by atoms with Gasteiger partial charge in [0.25, 0.3) is 5.56 Å². The van der Waals surface area contributed by atoms with E-state index in [1.807, 2.05) is 18.2 Å². The number of nitrogens with one attached hydrogen (secondary N) is 2. The Kier molecular flexibility index (Phi) is 3.58. The van der Waals surface area contributed by atoms with Crippen molar-refractivity contribution in [1.82, 2.24) is 19.9 Å². The highest BCUT2D eigenvalue weighted by Gasteiger charge is 2.09. The Morgan fingerprint density at radius 3 is 2.73 bits per heavy atom. The van der Waals surface area contributed by atoms with Gasteiger partial charge in [0.2, 0.25) is 0 Å². The number of aromatic amines is 1. The van der Waals surface area contributed by atoms with Crippen molar-refractivity contribution >= 4 is 16.7 Å². The molecule has 22 heavy (non-hydrogen) atoms. The van der Waals surface area contributed by atoms with Gasteiger partial charge in [-0.3, -0.25) is 4.79 Å². The molecule has 2 heterocycles. The number of anilines is 1. The normalized spacial score (nSPS) is 11.1. The van der Waals surface area contributed by atoms with E-state index in [9.17, 15) is 4.79 Å². The average Bonchev–Trinajstić information content (AvgIpc) is 2.54. The minimum absolute atomic E-state index is 0.160. The van der Waals surface area contributed by atoms with Gasteiger partial charge in [0.05, 0.1) is 10.9 Å². The summed E-state index contributed by atoms with van der Waals surface area (Å²) in [5, 5.41) is 3.53. The molecule has 0 unspecified atom stereocenters. The summed E-state index contributed by atoms with van der Waals surface area (Å²) in [4.78, 5) is 27.9. The predicted molar refractivity (Wildman–Crippen MR) is 87.0 cm³/mol. The smallest absolute Gasteiger partial charge is 0.259 e. The largest absolute Gasteiger partial charge is 0.373 e. The number of H-pyrrole nitrogens is 1. The summed E-state index contributed by atoms with van der Waals surface area (Å²) >= 11 is 0. The van der Waals surface area contributed by atoms with Gasteiger partial charge in [-0.15, -0.1) is 0 Å². The van der Waals surface area contributed by atoms with E-state index in [0.29, 0.717) is 34.2 Å². The van der Waals surface area contributed by atoms with Crippen molar-refractivity contribution in [2.24, 2.45) is 0 Å². The number of fused-ring (bicyclic) bond motifs is 1. The van der Waals surface area contributed by atoms with Crippen LogP contribution in [0.3, 0.4) is 0 Å². The van der Waals surface area contributed by atoms with Crippen LogP contribution in [-0.4, -0.2) is 27.0 Å². The summed E-state index contributed by atoms with van der Waals surface area (Å²) in [6, 6.07) is 7.52. The second-order valence-electron chi connectivity index (χ2n) is 5.38. The van der Waals surface area contributed by atoms with E-state index in [2.05, 4.69) is 39.1 Å². The summed E-state index contributed by atoms with van der Waals surface area (Å²) < 4.78 is 0. The fourth-order valence-electron chi connectivity index (χ4n) is 2.26. The van der Waals surface area contributed by atoms with Crippen molar-refractivity contribution in [2.45, 2.75) is 19.8 Å². The molecule has 0 aliphatic carbocycles. The number of benzene rings is 1. The third kappa shape index (κ3) is 2.55. The lowest BCUT2D eigenvalue weighted by Crippen LogP contribution is -2.11. The van der Waals surface area contributed by atoms with Crippen LogP contribution in [-0.2, 0) is 0 Å². The quantitative estimate of drug-likeness (QED) is 0.775. The monoisotopic (exact) mass is 295 g/mol. The number of hydrogen-bond donors (Lipinski definition) is 2. The van der Waals surface area contributed by atoms with Gasteiger partial charge < -0.3 is 10.3 Å². The van der Waals surface area contributed by atoms with Crippen molar-refractivity contribution in [3.63, 3.8) is 0 Å². The predicted octanol–water partition coefficient (Wildman–Crippen LogP) is 2.55. The molecule has 6 heteroatoms. The Morgan fingerprint density at radius 2 is 2.00 bits per heavy atom. The molecule has 1 aromatic carbocycles. The first kappa shape index (κ1) is 14.2. The summed E-state index contributed by atoms with van der Waals surface area (Å²) in [7, 11) is 1.77. The van der Waals surface area contributed by atoms with Crippen molar-refractivity contribution in [2.75, 3.05) is 12.4 Å². The van der Waals surface area contributed by atoms with Gasteiger partial charge in [0.1, 0.15) is 17.8 Å². The molecule has 3 rings (SSSR count). The fraction of sp³-hybridized carbons (Fsp3) is 0.250. The molecule has 0 amide bonds. The lowest BCUT2D eigenvalue weighted by Gasteiger charge is -2.07. The second-order valence-corrected chi connectivity index (χ2v) is 5.38. The van der Waals surface area contributed by atoms with Crippen molar-refractivity contribution in [3.8, 4) is 11.5 Å². The third-order valence-corrected chi connectivity index (χ3v) is 3.56. The first-order valence-corrected chi connectivity index (χ1v) is 7.12. The van der Waals surface area contributed by atoms with Crippen LogP contribution < -0.4 is 10.9 Å². The lowest BCUT2D eigenvalue weighted by molar-refractivity contribution is 0.868. The lowest BCUT2D eigenvalue weighted by atomic mass is 10.0. The number of hydrogen-bond acceptors (Lipinski definition) is 5. The van der Waals surface area contributed by atoms with E-state index in [0.717, 1.165) is 5.56 Å². The summed E-state index contributed by atoms with van der Waals surface area (Å²) in [5.41, 5.74) is 2.19. The van der Waals surface area contributed by atoms with Crippen molar-refractivity contribution in [1.29, 1.82) is 0 Å². The van der Waals surface area contributed by atoms with Crippen LogP contribution in [0.2, 0.25) is 0 Å². The van der Waals surface area contributed by atoms with Crippen LogP contribution in [0.1, 0.15) is 25.3 Å². The topological polar surface area (TPSA) is 83.6 Å². The van der Waals surface area contributed by atoms with Crippen LogP contribution in [0, 0.1) is 0 Å². The maximum atomic E-state index is 12.3. The SMILES string of the molecule is CNc1cc(-c2nc3ccc(C(C)C)cc3c(=O)[nH]2)ncn1. The van der Waals surface area contributed by atoms with Gasteiger partial charge in [0.15, 0.2) is 5.82 Å². The Bertz CT molecular complexity index is 885. The molecule has 2 N–H and O–H groups in total. The first-order chi connectivity index (χ1) is 10.6. The van der Waals surface area contributed by atoms with Crippen LogP contribution in [0.5, 0.6) is 0 Å². The molecule has 0 atom stereocenters. The molecule has 0 fully saturated rings. The van der Waals surface area contributed by atoms with Gasteiger partial charge in [-0.25, -0.2) is 15.0 Å². The van der Waals surface area contributed by atoms with Crippen molar-refractivity contribution < 1.29 is 0 Å². The Hall–Kier alpha value is -2.76. The molecule has 112 valence electrons. The minimum atomic E-state index is -0.160. The zero-order valence-corrected chi connectivity index (χ0v) is 12.7. The Balaban J connectivity index is 2.17. The fourth-order valence-corrected chi connectivity index (χ4v) is 2.26. The highest BCUT2D eigenvalue weighted by atomic mass is 16.1. The first-order valence-electron chi connectivity index (χ1n) is 7.12. The number of nitrogens with zero attached hydrogens (tertiary/aromatic N) is 3. The minimum Gasteiger partial charge on any atom is -0.373 e. The summed E-state index contributed by atoms with van der Waals surface area (Å²) in [6.45, 7) is 4.19. The summed E-state index contributed by atoms with van der Waals surface area (Å²) in [6.07, 6.45) is 1.44. The molecule has 0 aliphatic rings. The zero-order chi connectivity index (χ0) is 15.7.